The second-order valence-corrected chi connectivity index (χ2v) is 8.29. The number of sulfonamides is 1. The van der Waals surface area contributed by atoms with Gasteiger partial charge in [0.05, 0.1) is 6.61 Å². The van der Waals surface area contributed by atoms with Crippen LogP contribution in [0.2, 0.25) is 0 Å². The van der Waals surface area contributed by atoms with E-state index in [1.165, 1.54) is 4.31 Å². The smallest absolute Gasteiger partial charge is 0.246 e. The van der Waals surface area contributed by atoms with Crippen LogP contribution in [0.15, 0.2) is 46.0 Å². The van der Waals surface area contributed by atoms with Gasteiger partial charge < -0.3 is 9.64 Å². The van der Waals surface area contributed by atoms with Gasteiger partial charge in [0.1, 0.15) is 10.6 Å². The van der Waals surface area contributed by atoms with Crippen LogP contribution in [0.1, 0.15) is 6.92 Å². The van der Waals surface area contributed by atoms with E-state index in [4.69, 9.17) is 4.74 Å². The Labute approximate surface area is 155 Å². The maximum Gasteiger partial charge on any atom is 0.246 e. The summed E-state index contributed by atoms with van der Waals surface area (Å²) in [5.74, 6) is 0.997. The van der Waals surface area contributed by atoms with Gasteiger partial charge in [-0.25, -0.2) is 18.4 Å². The molecule has 0 saturated carbocycles. The number of hydrogen-bond acceptors (Lipinski definition) is 6. The first-order chi connectivity index (χ1) is 12.0. The molecular weight excluding hydrogens is 408 g/mol. The van der Waals surface area contributed by atoms with Crippen molar-refractivity contribution in [1.82, 2.24) is 14.3 Å². The number of benzene rings is 1. The van der Waals surface area contributed by atoms with E-state index in [9.17, 15) is 8.42 Å². The van der Waals surface area contributed by atoms with Crippen LogP contribution in [0.3, 0.4) is 0 Å². The van der Waals surface area contributed by atoms with E-state index in [2.05, 4.69) is 25.9 Å². The lowest BCUT2D eigenvalue weighted by atomic mass is 10.3. The Balaban J connectivity index is 1.80. The number of anilines is 1. The molecule has 1 fully saturated rings. The summed E-state index contributed by atoms with van der Waals surface area (Å²) >= 11 is 3.34. The van der Waals surface area contributed by atoms with Crippen molar-refractivity contribution in [2.75, 3.05) is 37.7 Å². The Morgan fingerprint density at radius 3 is 2.48 bits per heavy atom. The van der Waals surface area contributed by atoms with E-state index < -0.39 is 10.0 Å². The first-order valence-corrected chi connectivity index (χ1v) is 10.2. The van der Waals surface area contributed by atoms with Crippen LogP contribution in [-0.4, -0.2) is 55.5 Å². The number of hydrogen-bond donors (Lipinski definition) is 0. The van der Waals surface area contributed by atoms with Crippen molar-refractivity contribution in [2.24, 2.45) is 0 Å². The SMILES string of the molecule is CCOc1ccc(Br)cc1S(=O)(=O)N1CCN(c2ncccn2)CC1. The van der Waals surface area contributed by atoms with Crippen LogP contribution in [0.4, 0.5) is 5.95 Å². The number of aromatic nitrogens is 2. The average molecular weight is 427 g/mol. The lowest BCUT2D eigenvalue weighted by Gasteiger charge is -2.34. The van der Waals surface area contributed by atoms with Gasteiger partial charge in [-0.15, -0.1) is 0 Å². The zero-order chi connectivity index (χ0) is 17.9. The Hall–Kier alpha value is -1.71. The topological polar surface area (TPSA) is 75.6 Å². The summed E-state index contributed by atoms with van der Waals surface area (Å²) in [6.07, 6.45) is 3.36. The molecule has 0 spiro atoms. The molecule has 0 atom stereocenters. The predicted octanol–water partition coefficient (Wildman–Crippen LogP) is 2.15. The highest BCUT2D eigenvalue weighted by Gasteiger charge is 2.31. The zero-order valence-electron chi connectivity index (χ0n) is 13.8. The van der Waals surface area contributed by atoms with E-state index in [1.54, 1.807) is 36.7 Å². The molecule has 1 aromatic heterocycles. The van der Waals surface area contributed by atoms with Gasteiger partial charge >= 0.3 is 0 Å². The molecule has 2 heterocycles. The van der Waals surface area contributed by atoms with E-state index in [1.807, 2.05) is 11.8 Å². The van der Waals surface area contributed by atoms with E-state index in [-0.39, 0.29) is 4.90 Å². The summed E-state index contributed by atoms with van der Waals surface area (Å²) in [4.78, 5) is 10.6. The number of piperazine rings is 1. The highest BCUT2D eigenvalue weighted by Crippen LogP contribution is 2.30. The van der Waals surface area contributed by atoms with Crippen molar-refractivity contribution in [2.45, 2.75) is 11.8 Å². The molecule has 1 saturated heterocycles. The van der Waals surface area contributed by atoms with Crippen molar-refractivity contribution in [3.63, 3.8) is 0 Å². The van der Waals surface area contributed by atoms with Gasteiger partial charge in [-0.1, -0.05) is 15.9 Å². The lowest BCUT2D eigenvalue weighted by molar-refractivity contribution is 0.327. The third kappa shape index (κ3) is 3.94. The summed E-state index contributed by atoms with van der Waals surface area (Å²) in [5.41, 5.74) is 0. The van der Waals surface area contributed by atoms with Gasteiger partial charge in [0.15, 0.2) is 0 Å². The molecule has 7 nitrogen and oxygen atoms in total. The molecule has 0 amide bonds. The van der Waals surface area contributed by atoms with Gasteiger partial charge in [0, 0.05) is 43.0 Å². The van der Waals surface area contributed by atoms with Crippen LogP contribution in [0.5, 0.6) is 5.75 Å². The molecule has 0 radical (unpaired) electrons. The quantitative estimate of drug-likeness (QED) is 0.728. The van der Waals surface area contributed by atoms with Gasteiger partial charge in [-0.2, -0.15) is 4.31 Å². The Morgan fingerprint density at radius 2 is 1.84 bits per heavy atom. The van der Waals surface area contributed by atoms with Crippen LogP contribution in [0.25, 0.3) is 0 Å². The fourth-order valence-electron chi connectivity index (χ4n) is 2.68. The molecule has 0 bridgehead atoms. The fourth-order valence-corrected chi connectivity index (χ4v) is 4.77. The minimum Gasteiger partial charge on any atom is -0.492 e. The molecular formula is C16H19BrN4O3S. The lowest BCUT2D eigenvalue weighted by Crippen LogP contribution is -2.49. The highest BCUT2D eigenvalue weighted by molar-refractivity contribution is 9.10. The number of halogens is 1. The second kappa shape index (κ2) is 7.67. The van der Waals surface area contributed by atoms with Crippen molar-refractivity contribution in [3.8, 4) is 5.75 Å². The highest BCUT2D eigenvalue weighted by atomic mass is 79.9. The van der Waals surface area contributed by atoms with Gasteiger partial charge in [0.25, 0.3) is 0 Å². The first kappa shape index (κ1) is 18.1. The van der Waals surface area contributed by atoms with Gasteiger partial charge in [-0.05, 0) is 31.2 Å². The average Bonchev–Trinajstić information content (AvgIpc) is 2.64. The van der Waals surface area contributed by atoms with Crippen LogP contribution < -0.4 is 9.64 Å². The molecule has 0 aliphatic carbocycles. The normalized spacial score (nSPS) is 16.0. The van der Waals surface area contributed by atoms with Crippen molar-refractivity contribution < 1.29 is 13.2 Å². The maximum absolute atomic E-state index is 13.1. The fraction of sp³-hybridized carbons (Fsp3) is 0.375. The number of ether oxygens (including phenoxy) is 1. The number of rotatable bonds is 5. The summed E-state index contributed by atoms with van der Waals surface area (Å²) in [6, 6.07) is 6.79. The van der Waals surface area contributed by atoms with Gasteiger partial charge in [0.2, 0.25) is 16.0 Å². The first-order valence-electron chi connectivity index (χ1n) is 7.97. The second-order valence-electron chi connectivity index (χ2n) is 5.46. The van der Waals surface area contributed by atoms with E-state index >= 15 is 0 Å². The molecule has 9 heteroatoms. The van der Waals surface area contributed by atoms with Crippen LogP contribution in [0, 0.1) is 0 Å². The minimum absolute atomic E-state index is 0.188. The molecule has 25 heavy (non-hydrogen) atoms. The van der Waals surface area contributed by atoms with Crippen molar-refractivity contribution in [1.29, 1.82) is 0 Å². The Bertz CT molecular complexity index is 825. The van der Waals surface area contributed by atoms with Crippen molar-refractivity contribution in [3.05, 3.63) is 41.1 Å². The molecule has 1 aromatic carbocycles. The van der Waals surface area contributed by atoms with Crippen molar-refractivity contribution >= 4 is 31.9 Å². The molecule has 3 rings (SSSR count). The largest absolute Gasteiger partial charge is 0.492 e. The van der Waals surface area contributed by atoms with Crippen LogP contribution >= 0.6 is 15.9 Å². The predicted molar refractivity (Wildman–Crippen MR) is 98.3 cm³/mol. The molecule has 2 aromatic rings. The summed E-state index contributed by atoms with van der Waals surface area (Å²) in [6.45, 7) is 4.07. The third-order valence-electron chi connectivity index (χ3n) is 3.90. The van der Waals surface area contributed by atoms with E-state index in [0.29, 0.717) is 49.0 Å². The molecule has 0 N–H and O–H groups in total. The maximum atomic E-state index is 13.1. The molecule has 1 aliphatic rings. The Morgan fingerprint density at radius 1 is 1.16 bits per heavy atom. The number of nitrogens with zero attached hydrogens (tertiary/aromatic N) is 4. The molecule has 0 unspecified atom stereocenters. The monoisotopic (exact) mass is 426 g/mol. The van der Waals surface area contributed by atoms with E-state index in [0.717, 1.165) is 0 Å². The molecule has 1 aliphatic heterocycles. The minimum atomic E-state index is -3.63. The summed E-state index contributed by atoms with van der Waals surface area (Å²) in [7, 11) is -3.63. The zero-order valence-corrected chi connectivity index (χ0v) is 16.2. The van der Waals surface area contributed by atoms with Gasteiger partial charge in [-0.3, -0.25) is 0 Å². The molecule has 134 valence electrons. The summed E-state index contributed by atoms with van der Waals surface area (Å²) in [5, 5.41) is 0. The standard InChI is InChI=1S/C16H19BrN4O3S/c1-2-24-14-5-4-13(17)12-15(14)25(22,23)21-10-8-20(9-11-21)16-18-6-3-7-19-16/h3-7,12H,2,8-11H2,1H3. The summed E-state index contributed by atoms with van der Waals surface area (Å²) < 4.78 is 33.8. The Kier molecular flexibility index (Phi) is 5.55. The van der Waals surface area contributed by atoms with Crippen LogP contribution in [-0.2, 0) is 10.0 Å². The third-order valence-corrected chi connectivity index (χ3v) is 6.31.